The van der Waals surface area contributed by atoms with Gasteiger partial charge in [-0.2, -0.15) is 0 Å². The number of rotatable bonds is 6. The minimum Gasteiger partial charge on any atom is -0.490 e. The number of nitrogen functional groups attached to an aromatic ring is 1. The molecule has 1 aromatic heterocycles. The standard InChI is InChI=1S/C12H15N3O3S/c13-11-9(4-3-5-14-11)18-7-2-1-6-15-10(16)8-19-12(15)17/h3-5H,1-2,6-8H2,(H2,13,14). The first-order valence-electron chi connectivity index (χ1n) is 5.99. The van der Waals surface area contributed by atoms with Crippen LogP contribution in [0.1, 0.15) is 12.8 Å². The normalized spacial score (nSPS) is 15.1. The molecule has 1 aliphatic heterocycles. The molecule has 1 fully saturated rings. The van der Waals surface area contributed by atoms with E-state index in [4.69, 9.17) is 10.5 Å². The van der Waals surface area contributed by atoms with E-state index in [1.165, 1.54) is 4.90 Å². The number of ether oxygens (including phenoxy) is 1. The van der Waals surface area contributed by atoms with Gasteiger partial charge in [-0.25, -0.2) is 4.98 Å². The summed E-state index contributed by atoms with van der Waals surface area (Å²) >= 11 is 1.06. The summed E-state index contributed by atoms with van der Waals surface area (Å²) in [5.41, 5.74) is 5.63. The molecule has 0 bridgehead atoms. The quantitative estimate of drug-likeness (QED) is 0.796. The molecule has 0 aromatic carbocycles. The lowest BCUT2D eigenvalue weighted by molar-refractivity contribution is -0.124. The third kappa shape index (κ3) is 3.60. The van der Waals surface area contributed by atoms with Gasteiger partial charge in [0.1, 0.15) is 0 Å². The highest BCUT2D eigenvalue weighted by Gasteiger charge is 2.28. The van der Waals surface area contributed by atoms with E-state index in [-0.39, 0.29) is 16.9 Å². The monoisotopic (exact) mass is 281 g/mol. The molecular weight excluding hydrogens is 266 g/mol. The zero-order chi connectivity index (χ0) is 13.7. The highest BCUT2D eigenvalue weighted by atomic mass is 32.2. The Kier molecular flexibility index (Phi) is 4.62. The van der Waals surface area contributed by atoms with E-state index in [0.717, 1.165) is 24.6 Å². The van der Waals surface area contributed by atoms with E-state index in [0.29, 0.717) is 24.7 Å². The van der Waals surface area contributed by atoms with Gasteiger partial charge in [0, 0.05) is 12.7 Å². The van der Waals surface area contributed by atoms with Crippen molar-refractivity contribution in [2.24, 2.45) is 0 Å². The average molecular weight is 281 g/mol. The van der Waals surface area contributed by atoms with Gasteiger partial charge < -0.3 is 10.5 Å². The first kappa shape index (κ1) is 13.7. The summed E-state index contributed by atoms with van der Waals surface area (Å²) < 4.78 is 5.47. The van der Waals surface area contributed by atoms with Crippen molar-refractivity contribution in [1.82, 2.24) is 9.88 Å². The summed E-state index contributed by atoms with van der Waals surface area (Å²) in [5.74, 6) is 1.09. The number of hydrogen-bond donors (Lipinski definition) is 1. The van der Waals surface area contributed by atoms with Gasteiger partial charge in [0.2, 0.25) is 5.91 Å². The Bertz CT molecular complexity index is 465. The molecule has 0 aliphatic carbocycles. The molecule has 0 saturated carbocycles. The number of amides is 2. The van der Waals surface area contributed by atoms with E-state index in [2.05, 4.69) is 4.98 Å². The van der Waals surface area contributed by atoms with E-state index >= 15 is 0 Å². The lowest BCUT2D eigenvalue weighted by Gasteiger charge is -2.12. The Morgan fingerprint density at radius 2 is 2.26 bits per heavy atom. The predicted molar refractivity (Wildman–Crippen MR) is 72.9 cm³/mol. The number of pyridine rings is 1. The molecule has 1 saturated heterocycles. The molecule has 0 spiro atoms. The third-order valence-corrected chi connectivity index (χ3v) is 3.53. The smallest absolute Gasteiger partial charge is 0.288 e. The summed E-state index contributed by atoms with van der Waals surface area (Å²) in [6.45, 7) is 0.940. The zero-order valence-corrected chi connectivity index (χ0v) is 11.2. The number of carbonyl (C=O) groups excluding carboxylic acids is 2. The fourth-order valence-corrected chi connectivity index (χ4v) is 2.43. The fraction of sp³-hybridized carbons (Fsp3) is 0.417. The van der Waals surface area contributed by atoms with E-state index in [1.807, 2.05) is 0 Å². The number of nitrogens with two attached hydrogens (primary N) is 1. The molecule has 1 aromatic rings. The summed E-state index contributed by atoms with van der Waals surface area (Å²) in [6.07, 6.45) is 3.07. The van der Waals surface area contributed by atoms with Gasteiger partial charge in [0.25, 0.3) is 5.24 Å². The zero-order valence-electron chi connectivity index (χ0n) is 10.4. The van der Waals surface area contributed by atoms with Crippen molar-refractivity contribution in [2.75, 3.05) is 24.6 Å². The lowest BCUT2D eigenvalue weighted by Crippen LogP contribution is -2.29. The van der Waals surface area contributed by atoms with Crippen molar-refractivity contribution in [3.63, 3.8) is 0 Å². The number of carbonyl (C=O) groups is 2. The first-order chi connectivity index (χ1) is 9.18. The number of nitrogens with zero attached hydrogens (tertiary/aromatic N) is 2. The van der Waals surface area contributed by atoms with Crippen molar-refractivity contribution in [2.45, 2.75) is 12.8 Å². The SMILES string of the molecule is Nc1ncccc1OCCCCN1C(=O)CSC1=O. The molecule has 102 valence electrons. The number of unbranched alkanes of at least 4 members (excludes halogenated alkanes) is 1. The minimum atomic E-state index is -0.151. The van der Waals surface area contributed by atoms with Gasteiger partial charge in [-0.1, -0.05) is 11.8 Å². The van der Waals surface area contributed by atoms with Crippen LogP contribution in [0.15, 0.2) is 18.3 Å². The summed E-state index contributed by atoms with van der Waals surface area (Å²) in [7, 11) is 0. The van der Waals surface area contributed by atoms with Crippen LogP contribution in [0.2, 0.25) is 0 Å². The van der Waals surface area contributed by atoms with Gasteiger partial charge in [0.05, 0.1) is 12.4 Å². The van der Waals surface area contributed by atoms with Crippen LogP contribution < -0.4 is 10.5 Å². The second kappa shape index (κ2) is 6.42. The fourth-order valence-electron chi connectivity index (χ4n) is 1.68. The number of hydrogen-bond acceptors (Lipinski definition) is 6. The molecule has 2 N–H and O–H groups in total. The molecule has 0 atom stereocenters. The molecule has 19 heavy (non-hydrogen) atoms. The Hall–Kier alpha value is -1.76. The second-order valence-corrected chi connectivity index (χ2v) is 4.97. The number of imide groups is 1. The Labute approximate surface area is 115 Å². The predicted octanol–water partition coefficient (Wildman–Crippen LogP) is 1.52. The molecule has 0 radical (unpaired) electrons. The minimum absolute atomic E-state index is 0.104. The lowest BCUT2D eigenvalue weighted by atomic mass is 10.3. The van der Waals surface area contributed by atoms with Gasteiger partial charge >= 0.3 is 0 Å². The van der Waals surface area contributed by atoms with Crippen LogP contribution in [0.4, 0.5) is 10.6 Å². The van der Waals surface area contributed by atoms with Gasteiger partial charge in [0.15, 0.2) is 11.6 Å². The van der Waals surface area contributed by atoms with Gasteiger partial charge in [-0.15, -0.1) is 0 Å². The van der Waals surface area contributed by atoms with Crippen molar-refractivity contribution >= 4 is 28.7 Å². The van der Waals surface area contributed by atoms with Crippen LogP contribution in [-0.4, -0.2) is 39.9 Å². The molecule has 7 heteroatoms. The van der Waals surface area contributed by atoms with E-state index in [1.54, 1.807) is 18.3 Å². The first-order valence-corrected chi connectivity index (χ1v) is 6.97. The highest BCUT2D eigenvalue weighted by molar-refractivity contribution is 8.14. The topological polar surface area (TPSA) is 85.5 Å². The maximum atomic E-state index is 11.3. The van der Waals surface area contributed by atoms with Gasteiger partial charge in [-0.05, 0) is 25.0 Å². The molecular formula is C12H15N3O3S. The van der Waals surface area contributed by atoms with Crippen LogP contribution in [0, 0.1) is 0 Å². The number of thioether (sulfide) groups is 1. The molecule has 2 rings (SSSR count). The molecule has 0 unspecified atom stereocenters. The largest absolute Gasteiger partial charge is 0.490 e. The maximum absolute atomic E-state index is 11.3. The maximum Gasteiger partial charge on any atom is 0.288 e. The molecule has 2 amide bonds. The van der Waals surface area contributed by atoms with Gasteiger partial charge in [-0.3, -0.25) is 14.5 Å². The van der Waals surface area contributed by atoms with Crippen LogP contribution in [0.5, 0.6) is 5.75 Å². The Morgan fingerprint density at radius 1 is 1.42 bits per heavy atom. The second-order valence-electron chi connectivity index (χ2n) is 4.04. The average Bonchev–Trinajstić information content (AvgIpc) is 2.72. The van der Waals surface area contributed by atoms with Crippen molar-refractivity contribution in [3.05, 3.63) is 18.3 Å². The molecule has 2 heterocycles. The Balaban J connectivity index is 1.66. The number of anilines is 1. The summed E-state index contributed by atoms with van der Waals surface area (Å²) in [5, 5.41) is -0.151. The summed E-state index contributed by atoms with van der Waals surface area (Å²) in [4.78, 5) is 27.9. The highest BCUT2D eigenvalue weighted by Crippen LogP contribution is 2.20. The van der Waals surface area contributed by atoms with Crippen molar-refractivity contribution in [3.8, 4) is 5.75 Å². The summed E-state index contributed by atoms with van der Waals surface area (Å²) in [6, 6.07) is 3.51. The molecule has 1 aliphatic rings. The Morgan fingerprint density at radius 3 is 2.95 bits per heavy atom. The van der Waals surface area contributed by atoms with Crippen molar-refractivity contribution < 1.29 is 14.3 Å². The van der Waals surface area contributed by atoms with Crippen LogP contribution in [0.25, 0.3) is 0 Å². The number of aromatic nitrogens is 1. The third-order valence-electron chi connectivity index (χ3n) is 2.67. The van der Waals surface area contributed by atoms with E-state index in [9.17, 15) is 9.59 Å². The van der Waals surface area contributed by atoms with Crippen LogP contribution in [0.3, 0.4) is 0 Å². The van der Waals surface area contributed by atoms with E-state index < -0.39 is 0 Å². The van der Waals surface area contributed by atoms with Crippen molar-refractivity contribution in [1.29, 1.82) is 0 Å². The van der Waals surface area contributed by atoms with Crippen LogP contribution in [-0.2, 0) is 4.79 Å². The molecule has 6 nitrogen and oxygen atoms in total. The van der Waals surface area contributed by atoms with Crippen LogP contribution >= 0.6 is 11.8 Å².